The van der Waals surface area contributed by atoms with Gasteiger partial charge in [-0.05, 0) is 63.8 Å². The number of halogens is 3. The van der Waals surface area contributed by atoms with Crippen LogP contribution in [0.3, 0.4) is 0 Å². The molecule has 0 radical (unpaired) electrons. The summed E-state index contributed by atoms with van der Waals surface area (Å²) in [5, 5.41) is 0. The Kier molecular flexibility index (Phi) is 5.75. The average Bonchev–Trinajstić information content (AvgIpc) is 2.43. The van der Waals surface area contributed by atoms with Gasteiger partial charge in [0.1, 0.15) is 11.6 Å². The number of benzene rings is 2. The van der Waals surface area contributed by atoms with Crippen LogP contribution in [-0.2, 0) is 6.42 Å². The number of nitrogens with one attached hydrogen (secondary N) is 1. The van der Waals surface area contributed by atoms with E-state index in [2.05, 4.69) is 37.3 Å². The van der Waals surface area contributed by atoms with Gasteiger partial charge < -0.3 is 4.74 Å². The van der Waals surface area contributed by atoms with E-state index in [4.69, 9.17) is 10.6 Å². The topological polar surface area (TPSA) is 47.3 Å². The molecule has 0 amide bonds. The van der Waals surface area contributed by atoms with Crippen LogP contribution >= 0.6 is 31.9 Å². The van der Waals surface area contributed by atoms with E-state index in [-0.39, 0.29) is 11.9 Å². The Morgan fingerprint density at radius 1 is 1.24 bits per heavy atom. The van der Waals surface area contributed by atoms with Crippen LogP contribution < -0.4 is 16.0 Å². The number of hydrogen-bond donors (Lipinski definition) is 2. The predicted molar refractivity (Wildman–Crippen MR) is 88.6 cm³/mol. The van der Waals surface area contributed by atoms with Gasteiger partial charge in [-0.25, -0.2) is 4.39 Å². The second-order valence-electron chi connectivity index (χ2n) is 4.60. The average molecular weight is 418 g/mol. The van der Waals surface area contributed by atoms with E-state index < -0.39 is 0 Å². The van der Waals surface area contributed by atoms with E-state index in [1.54, 1.807) is 7.11 Å². The zero-order chi connectivity index (χ0) is 15.4. The van der Waals surface area contributed by atoms with E-state index in [0.717, 1.165) is 21.3 Å². The van der Waals surface area contributed by atoms with E-state index >= 15 is 0 Å². The van der Waals surface area contributed by atoms with Crippen LogP contribution in [0.25, 0.3) is 0 Å². The molecule has 0 saturated carbocycles. The predicted octanol–water partition coefficient (Wildman–Crippen LogP) is 4.11. The summed E-state index contributed by atoms with van der Waals surface area (Å²) in [6.45, 7) is 0. The van der Waals surface area contributed by atoms with Crippen molar-refractivity contribution in [2.45, 2.75) is 12.5 Å². The molecule has 0 spiro atoms. The molecule has 2 aromatic rings. The van der Waals surface area contributed by atoms with Crippen LogP contribution in [-0.4, -0.2) is 7.11 Å². The lowest BCUT2D eigenvalue weighted by Crippen LogP contribution is -2.29. The van der Waals surface area contributed by atoms with E-state index in [1.807, 2.05) is 24.3 Å². The fraction of sp³-hybridized carbons (Fsp3) is 0.200. The summed E-state index contributed by atoms with van der Waals surface area (Å²) >= 11 is 6.75. The molecule has 2 rings (SSSR count). The zero-order valence-electron chi connectivity index (χ0n) is 11.4. The van der Waals surface area contributed by atoms with Crippen molar-refractivity contribution in [1.82, 2.24) is 5.43 Å². The molecule has 6 heteroatoms. The van der Waals surface area contributed by atoms with E-state index in [9.17, 15) is 4.39 Å². The maximum atomic E-state index is 13.5. The minimum Gasteiger partial charge on any atom is -0.496 e. The van der Waals surface area contributed by atoms with Crippen molar-refractivity contribution in [2.75, 3.05) is 7.11 Å². The van der Waals surface area contributed by atoms with Gasteiger partial charge in [-0.1, -0.05) is 22.0 Å². The number of rotatable bonds is 5. The lowest BCUT2D eigenvalue weighted by atomic mass is 9.99. The molecule has 0 fully saturated rings. The molecular formula is C15H15Br2FN2O. The molecule has 3 nitrogen and oxygen atoms in total. The first kappa shape index (κ1) is 16.4. The Morgan fingerprint density at radius 2 is 2.00 bits per heavy atom. The normalized spacial score (nSPS) is 12.2. The molecule has 0 aromatic heterocycles. The molecular weight excluding hydrogens is 403 g/mol. The summed E-state index contributed by atoms with van der Waals surface area (Å²) in [7, 11) is 1.62. The fourth-order valence-corrected chi connectivity index (χ4v) is 3.19. The molecule has 1 unspecified atom stereocenters. The molecule has 0 bridgehead atoms. The van der Waals surface area contributed by atoms with Crippen molar-refractivity contribution in [3.05, 3.63) is 62.3 Å². The third-order valence-electron chi connectivity index (χ3n) is 3.14. The van der Waals surface area contributed by atoms with Crippen LogP contribution in [0.15, 0.2) is 45.3 Å². The minimum absolute atomic E-state index is 0.183. The van der Waals surface area contributed by atoms with Gasteiger partial charge in [-0.2, -0.15) is 0 Å². The molecule has 0 aliphatic heterocycles. The van der Waals surface area contributed by atoms with Gasteiger partial charge in [0.05, 0.1) is 17.6 Å². The highest BCUT2D eigenvalue weighted by atomic mass is 79.9. The van der Waals surface area contributed by atoms with Crippen molar-refractivity contribution in [1.29, 1.82) is 0 Å². The van der Waals surface area contributed by atoms with Crippen LogP contribution in [0, 0.1) is 5.82 Å². The molecule has 112 valence electrons. The zero-order valence-corrected chi connectivity index (χ0v) is 14.5. The first-order valence-electron chi connectivity index (χ1n) is 6.28. The maximum Gasteiger partial charge on any atom is 0.133 e. The first-order chi connectivity index (χ1) is 10.0. The molecule has 0 saturated heterocycles. The number of hydrogen-bond acceptors (Lipinski definition) is 3. The summed E-state index contributed by atoms with van der Waals surface area (Å²) in [6.07, 6.45) is 0.634. The van der Waals surface area contributed by atoms with Crippen LogP contribution in [0.2, 0.25) is 0 Å². The Bertz CT molecular complexity index is 617. The highest BCUT2D eigenvalue weighted by molar-refractivity contribution is 9.10. The number of ether oxygens (including phenoxy) is 1. The maximum absolute atomic E-state index is 13.5. The van der Waals surface area contributed by atoms with Gasteiger partial charge in [0.25, 0.3) is 0 Å². The molecule has 2 aromatic carbocycles. The first-order valence-corrected chi connectivity index (χ1v) is 7.86. The second kappa shape index (κ2) is 7.35. The number of hydrazine groups is 1. The highest BCUT2D eigenvalue weighted by Crippen LogP contribution is 2.28. The number of methoxy groups -OCH3 is 1. The molecule has 21 heavy (non-hydrogen) atoms. The molecule has 3 N–H and O–H groups in total. The lowest BCUT2D eigenvalue weighted by molar-refractivity contribution is 0.412. The van der Waals surface area contributed by atoms with Crippen LogP contribution in [0.4, 0.5) is 4.39 Å². The third kappa shape index (κ3) is 4.26. The summed E-state index contributed by atoms with van der Waals surface area (Å²) in [4.78, 5) is 0. The van der Waals surface area contributed by atoms with E-state index in [0.29, 0.717) is 10.9 Å². The molecule has 0 aliphatic carbocycles. The SMILES string of the molecule is COc1ccc(CC(NN)c2cc(F)cc(Br)c2)cc1Br. The van der Waals surface area contributed by atoms with Crippen molar-refractivity contribution < 1.29 is 9.13 Å². The minimum atomic E-state index is -0.296. The Labute approximate surface area is 139 Å². The monoisotopic (exact) mass is 416 g/mol. The highest BCUT2D eigenvalue weighted by Gasteiger charge is 2.13. The van der Waals surface area contributed by atoms with Gasteiger partial charge >= 0.3 is 0 Å². The van der Waals surface area contributed by atoms with Crippen molar-refractivity contribution in [3.63, 3.8) is 0 Å². The quantitative estimate of drug-likeness (QED) is 0.568. The fourth-order valence-electron chi connectivity index (χ4n) is 2.12. The van der Waals surface area contributed by atoms with Gasteiger partial charge in [0.2, 0.25) is 0 Å². The Hall–Kier alpha value is -0.950. The molecule has 0 heterocycles. The number of nitrogens with two attached hydrogens (primary N) is 1. The van der Waals surface area contributed by atoms with Crippen LogP contribution in [0.1, 0.15) is 17.2 Å². The van der Waals surface area contributed by atoms with Gasteiger partial charge in [-0.3, -0.25) is 11.3 Å². The summed E-state index contributed by atoms with van der Waals surface area (Å²) in [5.41, 5.74) is 4.58. The Balaban J connectivity index is 2.24. The summed E-state index contributed by atoms with van der Waals surface area (Å²) in [5.74, 6) is 6.10. The largest absolute Gasteiger partial charge is 0.496 e. The smallest absolute Gasteiger partial charge is 0.133 e. The van der Waals surface area contributed by atoms with Gasteiger partial charge in [0.15, 0.2) is 0 Å². The van der Waals surface area contributed by atoms with Crippen LogP contribution in [0.5, 0.6) is 5.75 Å². The summed E-state index contributed by atoms with van der Waals surface area (Å²) in [6, 6.07) is 10.4. The molecule has 0 aliphatic rings. The lowest BCUT2D eigenvalue weighted by Gasteiger charge is -2.17. The second-order valence-corrected chi connectivity index (χ2v) is 6.37. The van der Waals surface area contributed by atoms with Crippen molar-refractivity contribution in [2.24, 2.45) is 5.84 Å². The third-order valence-corrected chi connectivity index (χ3v) is 4.22. The Morgan fingerprint density at radius 3 is 2.57 bits per heavy atom. The van der Waals surface area contributed by atoms with Crippen molar-refractivity contribution >= 4 is 31.9 Å². The van der Waals surface area contributed by atoms with Crippen molar-refractivity contribution in [3.8, 4) is 5.75 Å². The van der Waals surface area contributed by atoms with E-state index in [1.165, 1.54) is 12.1 Å². The standard InChI is InChI=1S/C15H15Br2FN2O/c1-21-15-3-2-9(4-13(15)17)5-14(20-19)10-6-11(16)8-12(18)7-10/h2-4,6-8,14,20H,5,19H2,1H3. The van der Waals surface area contributed by atoms with Gasteiger partial charge in [0, 0.05) is 4.47 Å². The summed E-state index contributed by atoms with van der Waals surface area (Å²) < 4.78 is 20.3. The van der Waals surface area contributed by atoms with Gasteiger partial charge in [-0.15, -0.1) is 0 Å². The molecule has 1 atom stereocenters.